The van der Waals surface area contributed by atoms with E-state index in [9.17, 15) is 18.0 Å². The number of aromatic nitrogens is 3. The third-order valence-electron chi connectivity index (χ3n) is 2.82. The number of carbonyl (C=O) groups excluding carboxylic acids is 1. The molecule has 124 valence electrons. The summed E-state index contributed by atoms with van der Waals surface area (Å²) < 4.78 is 38.6. The molecule has 0 aliphatic carbocycles. The van der Waals surface area contributed by atoms with E-state index in [1.165, 1.54) is 6.20 Å². The Hall–Kier alpha value is -2.03. The highest BCUT2D eigenvalue weighted by Gasteiger charge is 2.44. The zero-order valence-corrected chi connectivity index (χ0v) is 13.6. The lowest BCUT2D eigenvalue weighted by Crippen LogP contribution is -2.41. The first-order valence-electron chi connectivity index (χ1n) is 6.71. The fraction of sp³-hybridized carbons (Fsp3) is 0.429. The molecule has 0 saturated carbocycles. The van der Waals surface area contributed by atoms with Crippen molar-refractivity contribution in [3.05, 3.63) is 35.1 Å². The maximum atomic E-state index is 12.9. The van der Waals surface area contributed by atoms with Gasteiger partial charge in [-0.25, -0.2) is 0 Å². The van der Waals surface area contributed by atoms with Crippen molar-refractivity contribution >= 4 is 22.4 Å². The van der Waals surface area contributed by atoms with Gasteiger partial charge in [-0.2, -0.15) is 13.2 Å². The molecule has 0 unspecified atom stereocenters. The highest BCUT2D eigenvalue weighted by molar-refractivity contribution is 7.15. The Bertz CT molecular complexity index is 679. The van der Waals surface area contributed by atoms with Gasteiger partial charge in [0.05, 0.1) is 12.2 Å². The van der Waals surface area contributed by atoms with Crippen LogP contribution < -0.4 is 4.90 Å². The van der Waals surface area contributed by atoms with E-state index in [1.807, 2.05) is 20.8 Å². The van der Waals surface area contributed by atoms with Crippen molar-refractivity contribution in [2.45, 2.75) is 38.9 Å². The number of pyridine rings is 1. The molecule has 0 atom stereocenters. The Balaban J connectivity index is 2.37. The van der Waals surface area contributed by atoms with Crippen molar-refractivity contribution in [2.75, 3.05) is 4.90 Å². The SMILES string of the molecule is CC(C)(C)c1nnc(N(Cc2ccccn2)C(=O)C(F)(F)F)s1. The van der Waals surface area contributed by atoms with Gasteiger partial charge in [0.2, 0.25) is 5.13 Å². The fourth-order valence-corrected chi connectivity index (χ4v) is 2.56. The fourth-order valence-electron chi connectivity index (χ4n) is 1.66. The average Bonchev–Trinajstić information content (AvgIpc) is 2.94. The van der Waals surface area contributed by atoms with Crippen LogP contribution in [0.5, 0.6) is 0 Å². The molecule has 0 aromatic carbocycles. The van der Waals surface area contributed by atoms with Crippen LogP contribution in [0.1, 0.15) is 31.5 Å². The molecular weight excluding hydrogens is 329 g/mol. The van der Waals surface area contributed by atoms with Crippen LogP contribution in [0.3, 0.4) is 0 Å². The van der Waals surface area contributed by atoms with Crippen molar-refractivity contribution in [1.82, 2.24) is 15.2 Å². The van der Waals surface area contributed by atoms with Gasteiger partial charge in [0.15, 0.2) is 0 Å². The largest absolute Gasteiger partial charge is 0.471 e. The molecule has 1 amide bonds. The van der Waals surface area contributed by atoms with E-state index in [0.29, 0.717) is 15.6 Å². The molecule has 2 aromatic rings. The van der Waals surface area contributed by atoms with E-state index in [2.05, 4.69) is 15.2 Å². The summed E-state index contributed by atoms with van der Waals surface area (Å²) in [6.07, 6.45) is -3.55. The van der Waals surface area contributed by atoms with Crippen molar-refractivity contribution < 1.29 is 18.0 Å². The smallest absolute Gasteiger partial charge is 0.273 e. The van der Waals surface area contributed by atoms with Crippen LogP contribution in [0.2, 0.25) is 0 Å². The quantitative estimate of drug-likeness (QED) is 0.857. The normalized spacial score (nSPS) is 12.3. The Kier molecular flexibility index (Phi) is 4.69. The summed E-state index contributed by atoms with van der Waals surface area (Å²) in [7, 11) is 0. The first-order chi connectivity index (χ1) is 10.6. The zero-order chi connectivity index (χ0) is 17.3. The average molecular weight is 344 g/mol. The van der Waals surface area contributed by atoms with Gasteiger partial charge >= 0.3 is 12.1 Å². The summed E-state index contributed by atoms with van der Waals surface area (Å²) in [6.45, 7) is 5.28. The van der Waals surface area contributed by atoms with E-state index in [-0.39, 0.29) is 17.1 Å². The van der Waals surface area contributed by atoms with Gasteiger partial charge < -0.3 is 0 Å². The molecule has 0 spiro atoms. The molecule has 0 N–H and O–H groups in total. The highest BCUT2D eigenvalue weighted by atomic mass is 32.1. The first-order valence-corrected chi connectivity index (χ1v) is 7.53. The maximum Gasteiger partial charge on any atom is 0.471 e. The summed E-state index contributed by atoms with van der Waals surface area (Å²) in [5.41, 5.74) is -0.0361. The van der Waals surface area contributed by atoms with Gasteiger partial charge in [-0.05, 0) is 12.1 Å². The van der Waals surface area contributed by atoms with Gasteiger partial charge in [-0.15, -0.1) is 10.2 Å². The number of nitrogens with zero attached hydrogens (tertiary/aromatic N) is 4. The second-order valence-corrected chi connectivity index (χ2v) is 6.81. The van der Waals surface area contributed by atoms with Crippen LogP contribution in [0.4, 0.5) is 18.3 Å². The summed E-state index contributed by atoms with van der Waals surface area (Å²) in [5.74, 6) is -1.99. The molecule has 2 heterocycles. The van der Waals surface area contributed by atoms with Crippen molar-refractivity contribution in [1.29, 1.82) is 0 Å². The molecule has 23 heavy (non-hydrogen) atoms. The molecule has 0 aliphatic rings. The van der Waals surface area contributed by atoms with Gasteiger partial charge in [0.25, 0.3) is 0 Å². The van der Waals surface area contributed by atoms with Gasteiger partial charge in [-0.3, -0.25) is 14.7 Å². The lowest BCUT2D eigenvalue weighted by molar-refractivity contribution is -0.170. The standard InChI is InChI=1S/C14H15F3N4OS/c1-13(2,3)10-19-20-12(23-10)21(11(22)14(15,16)17)8-9-6-4-5-7-18-9/h4-7H,8H2,1-3H3. The molecule has 0 aliphatic heterocycles. The number of hydrogen-bond acceptors (Lipinski definition) is 5. The maximum absolute atomic E-state index is 12.9. The lowest BCUT2D eigenvalue weighted by Gasteiger charge is -2.20. The van der Waals surface area contributed by atoms with Crippen LogP contribution in [-0.2, 0) is 16.8 Å². The lowest BCUT2D eigenvalue weighted by atomic mass is 9.98. The van der Waals surface area contributed by atoms with Crippen molar-refractivity contribution in [3.8, 4) is 0 Å². The predicted octanol–water partition coefficient (Wildman–Crippen LogP) is 3.33. The number of hydrogen-bond donors (Lipinski definition) is 0. The monoisotopic (exact) mass is 344 g/mol. The van der Waals surface area contributed by atoms with Crippen LogP contribution in [-0.4, -0.2) is 27.3 Å². The van der Waals surface area contributed by atoms with Crippen molar-refractivity contribution in [2.24, 2.45) is 0 Å². The van der Waals surface area contributed by atoms with E-state index >= 15 is 0 Å². The Morgan fingerprint density at radius 3 is 2.39 bits per heavy atom. The summed E-state index contributed by atoms with van der Waals surface area (Å²) in [6, 6.07) is 4.82. The van der Waals surface area contributed by atoms with Gasteiger partial charge in [0.1, 0.15) is 5.01 Å². The third kappa shape index (κ3) is 4.25. The van der Waals surface area contributed by atoms with Crippen LogP contribution in [0.25, 0.3) is 0 Å². The number of rotatable bonds is 3. The molecule has 2 rings (SSSR count). The number of alkyl halides is 3. The first kappa shape index (κ1) is 17.3. The second-order valence-electron chi connectivity index (χ2n) is 5.85. The molecule has 5 nitrogen and oxygen atoms in total. The Labute approximate surface area is 135 Å². The predicted molar refractivity (Wildman–Crippen MR) is 80.1 cm³/mol. The minimum absolute atomic E-state index is 0.0945. The van der Waals surface area contributed by atoms with E-state index in [0.717, 1.165) is 11.3 Å². The third-order valence-corrected chi connectivity index (χ3v) is 4.19. The van der Waals surface area contributed by atoms with Crippen LogP contribution in [0, 0.1) is 0 Å². The highest BCUT2D eigenvalue weighted by Crippen LogP contribution is 2.32. The molecule has 0 saturated heterocycles. The van der Waals surface area contributed by atoms with E-state index in [1.54, 1.807) is 18.2 Å². The minimum Gasteiger partial charge on any atom is -0.273 e. The minimum atomic E-state index is -5.00. The molecule has 9 heteroatoms. The molecule has 0 fully saturated rings. The van der Waals surface area contributed by atoms with Gasteiger partial charge in [-0.1, -0.05) is 38.2 Å². The number of halogens is 3. The summed E-state index contributed by atoms with van der Waals surface area (Å²) in [5, 5.41) is 8.12. The van der Waals surface area contributed by atoms with Gasteiger partial charge in [0, 0.05) is 11.6 Å². The Morgan fingerprint density at radius 1 is 1.22 bits per heavy atom. The second kappa shape index (κ2) is 6.23. The Morgan fingerprint density at radius 2 is 1.91 bits per heavy atom. The number of carbonyl (C=O) groups is 1. The zero-order valence-electron chi connectivity index (χ0n) is 12.8. The molecule has 0 radical (unpaired) electrons. The number of amides is 1. The summed E-state index contributed by atoms with van der Waals surface area (Å²) >= 11 is 0.967. The number of anilines is 1. The van der Waals surface area contributed by atoms with Crippen LogP contribution >= 0.6 is 11.3 Å². The molecule has 0 bridgehead atoms. The molecular formula is C14H15F3N4OS. The van der Waals surface area contributed by atoms with Crippen molar-refractivity contribution in [3.63, 3.8) is 0 Å². The van der Waals surface area contributed by atoms with E-state index in [4.69, 9.17) is 0 Å². The molecule has 2 aromatic heterocycles. The topological polar surface area (TPSA) is 59.0 Å². The van der Waals surface area contributed by atoms with E-state index < -0.39 is 12.1 Å². The summed E-state index contributed by atoms with van der Waals surface area (Å²) in [4.78, 5) is 16.3. The van der Waals surface area contributed by atoms with Crippen LogP contribution in [0.15, 0.2) is 24.4 Å².